The molecule has 7 nitrogen and oxygen atoms in total. The van der Waals surface area contributed by atoms with Crippen molar-refractivity contribution < 1.29 is 14.9 Å². The summed E-state index contributed by atoms with van der Waals surface area (Å²) >= 11 is 0. The third-order valence-electron chi connectivity index (χ3n) is 2.93. The quantitative estimate of drug-likeness (QED) is 0.644. The first-order valence-electron chi connectivity index (χ1n) is 5.52. The summed E-state index contributed by atoms with van der Waals surface area (Å²) in [5.74, 6) is 0.100. The molecule has 2 rings (SSSR count). The van der Waals surface area contributed by atoms with Gasteiger partial charge < -0.3 is 20.7 Å². The maximum absolute atomic E-state index is 11.7. The van der Waals surface area contributed by atoms with E-state index in [2.05, 4.69) is 11.6 Å². The Labute approximate surface area is 103 Å². The number of hydrogen-bond acceptors (Lipinski definition) is 6. The summed E-state index contributed by atoms with van der Waals surface area (Å²) in [6, 6.07) is 0. The van der Waals surface area contributed by atoms with Gasteiger partial charge in [-0.2, -0.15) is 4.98 Å². The molecular weight excluding hydrogens is 238 g/mol. The molecule has 1 fully saturated rings. The third-order valence-corrected chi connectivity index (χ3v) is 2.93. The monoisotopic (exact) mass is 253 g/mol. The van der Waals surface area contributed by atoms with Crippen molar-refractivity contribution in [3.05, 3.63) is 28.8 Å². The van der Waals surface area contributed by atoms with Gasteiger partial charge in [0.25, 0.3) is 0 Å². The van der Waals surface area contributed by atoms with E-state index in [0.29, 0.717) is 5.56 Å². The highest BCUT2D eigenvalue weighted by atomic mass is 16.5. The lowest BCUT2D eigenvalue weighted by atomic mass is 10.2. The molecule has 4 N–H and O–H groups in total. The van der Waals surface area contributed by atoms with Crippen LogP contribution in [0.1, 0.15) is 18.2 Å². The van der Waals surface area contributed by atoms with E-state index >= 15 is 0 Å². The van der Waals surface area contributed by atoms with E-state index in [0.717, 1.165) is 0 Å². The smallest absolute Gasteiger partial charge is 0.351 e. The highest BCUT2D eigenvalue weighted by Crippen LogP contribution is 2.27. The Balaban J connectivity index is 2.35. The standard InChI is InChI=1S/C11H15N3O4/c1-2-6-4-14(11(17)13-10(6)12)9-3-7(16)8(5-15)18-9/h2,4,7-9,15-16H,1,3,5H2,(H2,12,13,17)/t7?,8-,9-/m1/s1. The van der Waals surface area contributed by atoms with Gasteiger partial charge in [-0.1, -0.05) is 12.7 Å². The molecule has 1 unspecified atom stereocenters. The van der Waals surface area contributed by atoms with Crippen LogP contribution < -0.4 is 11.4 Å². The van der Waals surface area contributed by atoms with Crippen LogP contribution in [0, 0.1) is 0 Å². The lowest BCUT2D eigenvalue weighted by molar-refractivity contribution is -0.0458. The molecule has 0 saturated carbocycles. The molecule has 3 atom stereocenters. The number of aliphatic hydroxyl groups excluding tert-OH is 2. The highest BCUT2D eigenvalue weighted by Gasteiger charge is 2.35. The predicted molar refractivity (Wildman–Crippen MR) is 64.6 cm³/mol. The van der Waals surface area contributed by atoms with Gasteiger partial charge >= 0.3 is 5.69 Å². The summed E-state index contributed by atoms with van der Waals surface area (Å²) in [5, 5.41) is 18.6. The van der Waals surface area contributed by atoms with Gasteiger partial charge in [0.2, 0.25) is 0 Å². The molecule has 1 aliphatic rings. The molecular formula is C11H15N3O4. The van der Waals surface area contributed by atoms with E-state index in [-0.39, 0.29) is 18.8 Å². The van der Waals surface area contributed by atoms with Gasteiger partial charge in [-0.05, 0) is 0 Å². The summed E-state index contributed by atoms with van der Waals surface area (Å²) in [7, 11) is 0. The Kier molecular flexibility index (Phi) is 3.46. The zero-order valence-electron chi connectivity index (χ0n) is 9.69. The fourth-order valence-electron chi connectivity index (χ4n) is 1.91. The minimum absolute atomic E-state index is 0.100. The number of rotatable bonds is 3. The Hall–Kier alpha value is -1.70. The number of anilines is 1. The molecule has 1 aromatic heterocycles. The molecule has 0 aliphatic carbocycles. The predicted octanol–water partition coefficient (Wildman–Crippen LogP) is -0.891. The van der Waals surface area contributed by atoms with Gasteiger partial charge in [-0.25, -0.2) is 4.79 Å². The molecule has 0 radical (unpaired) electrons. The second kappa shape index (κ2) is 4.89. The Morgan fingerprint density at radius 1 is 1.72 bits per heavy atom. The lowest BCUT2D eigenvalue weighted by Gasteiger charge is -2.15. The number of ether oxygens (including phenoxy) is 1. The molecule has 1 aromatic rings. The van der Waals surface area contributed by atoms with Crippen LogP contribution in [0.3, 0.4) is 0 Å². The summed E-state index contributed by atoms with van der Waals surface area (Å²) in [5.41, 5.74) is 5.51. The molecule has 18 heavy (non-hydrogen) atoms. The van der Waals surface area contributed by atoms with E-state index in [1.807, 2.05) is 0 Å². The van der Waals surface area contributed by atoms with Crippen LogP contribution in [0.2, 0.25) is 0 Å². The number of nitrogens with two attached hydrogens (primary N) is 1. The van der Waals surface area contributed by atoms with E-state index in [1.54, 1.807) is 0 Å². The lowest BCUT2D eigenvalue weighted by Crippen LogP contribution is -2.28. The molecule has 0 spiro atoms. The molecule has 98 valence electrons. The van der Waals surface area contributed by atoms with Crippen molar-refractivity contribution in [1.82, 2.24) is 9.55 Å². The minimum Gasteiger partial charge on any atom is -0.394 e. The van der Waals surface area contributed by atoms with Crippen LogP contribution >= 0.6 is 0 Å². The number of nitrogens with zero attached hydrogens (tertiary/aromatic N) is 2. The molecule has 0 aromatic carbocycles. The zero-order valence-corrected chi connectivity index (χ0v) is 9.69. The maximum Gasteiger partial charge on any atom is 0.351 e. The topological polar surface area (TPSA) is 111 Å². The van der Waals surface area contributed by atoms with Crippen LogP contribution in [0.4, 0.5) is 5.82 Å². The summed E-state index contributed by atoms with van der Waals surface area (Å²) < 4.78 is 6.62. The van der Waals surface area contributed by atoms with Crippen LogP contribution in [-0.4, -0.2) is 38.6 Å². The van der Waals surface area contributed by atoms with E-state index < -0.39 is 24.1 Å². The average molecular weight is 253 g/mol. The maximum atomic E-state index is 11.7. The van der Waals surface area contributed by atoms with Crippen molar-refractivity contribution in [2.24, 2.45) is 0 Å². The van der Waals surface area contributed by atoms with Gasteiger partial charge in [0.05, 0.1) is 12.7 Å². The van der Waals surface area contributed by atoms with Crippen LogP contribution in [0.5, 0.6) is 0 Å². The van der Waals surface area contributed by atoms with Crippen molar-refractivity contribution in [2.45, 2.75) is 24.9 Å². The van der Waals surface area contributed by atoms with Crippen LogP contribution in [0.15, 0.2) is 17.6 Å². The molecule has 1 aliphatic heterocycles. The van der Waals surface area contributed by atoms with Gasteiger partial charge in [0, 0.05) is 18.2 Å². The number of hydrogen-bond donors (Lipinski definition) is 3. The number of nitrogen functional groups attached to an aromatic ring is 1. The first kappa shape index (κ1) is 12.7. The highest BCUT2D eigenvalue weighted by molar-refractivity contribution is 5.57. The minimum atomic E-state index is -0.809. The second-order valence-electron chi connectivity index (χ2n) is 4.09. The SMILES string of the molecule is C=Cc1cn([C@H]2CC(O)[C@@H](CO)O2)c(=O)nc1N. The summed E-state index contributed by atoms with van der Waals surface area (Å²) in [4.78, 5) is 15.4. The molecule has 7 heteroatoms. The van der Waals surface area contributed by atoms with Crippen molar-refractivity contribution >= 4 is 11.9 Å². The molecule has 0 bridgehead atoms. The average Bonchev–Trinajstić information content (AvgIpc) is 2.70. The van der Waals surface area contributed by atoms with Gasteiger partial charge in [0.15, 0.2) is 0 Å². The molecule has 0 amide bonds. The second-order valence-corrected chi connectivity index (χ2v) is 4.09. The first-order valence-corrected chi connectivity index (χ1v) is 5.52. The third kappa shape index (κ3) is 2.15. The van der Waals surface area contributed by atoms with Gasteiger partial charge in [-0.3, -0.25) is 4.57 Å². The van der Waals surface area contributed by atoms with Crippen LogP contribution in [0.25, 0.3) is 6.08 Å². The number of aromatic nitrogens is 2. The van der Waals surface area contributed by atoms with Crippen molar-refractivity contribution in [3.8, 4) is 0 Å². The Morgan fingerprint density at radius 3 is 3.00 bits per heavy atom. The first-order chi connectivity index (χ1) is 8.56. The zero-order chi connectivity index (χ0) is 13.3. The van der Waals surface area contributed by atoms with E-state index in [1.165, 1.54) is 16.8 Å². The summed E-state index contributed by atoms with van der Waals surface area (Å²) in [6.07, 6.45) is 1.02. The van der Waals surface area contributed by atoms with E-state index in [9.17, 15) is 9.90 Å². The van der Waals surface area contributed by atoms with Crippen molar-refractivity contribution in [1.29, 1.82) is 0 Å². The van der Waals surface area contributed by atoms with Crippen molar-refractivity contribution in [3.63, 3.8) is 0 Å². The molecule has 1 saturated heterocycles. The largest absolute Gasteiger partial charge is 0.394 e. The Bertz CT molecular complexity index is 514. The van der Waals surface area contributed by atoms with Crippen LogP contribution in [-0.2, 0) is 4.74 Å². The number of aliphatic hydroxyl groups is 2. The fourth-order valence-corrected chi connectivity index (χ4v) is 1.91. The van der Waals surface area contributed by atoms with E-state index in [4.69, 9.17) is 15.6 Å². The van der Waals surface area contributed by atoms with Gasteiger partial charge in [-0.15, -0.1) is 0 Å². The van der Waals surface area contributed by atoms with Crippen molar-refractivity contribution in [2.75, 3.05) is 12.3 Å². The normalized spacial score (nSPS) is 27.3. The molecule has 2 heterocycles. The fraction of sp³-hybridized carbons (Fsp3) is 0.455. The summed E-state index contributed by atoms with van der Waals surface area (Å²) in [6.45, 7) is 3.27. The van der Waals surface area contributed by atoms with Gasteiger partial charge in [0.1, 0.15) is 18.1 Å². The Morgan fingerprint density at radius 2 is 2.44 bits per heavy atom.